The minimum absolute atomic E-state index is 0.145. The number of aromatic hydroxyl groups is 1. The van der Waals surface area contributed by atoms with Crippen molar-refractivity contribution in [1.29, 1.82) is 0 Å². The number of benzene rings is 1. The van der Waals surface area contributed by atoms with Crippen LogP contribution in [0.15, 0.2) is 63.0 Å². The highest BCUT2D eigenvalue weighted by Crippen LogP contribution is 2.26. The van der Waals surface area contributed by atoms with Gasteiger partial charge in [0.1, 0.15) is 17.1 Å². The Kier molecular flexibility index (Phi) is 3.96. The maximum Gasteiger partial charge on any atom is 0.253 e. The molecule has 0 aliphatic carbocycles. The van der Waals surface area contributed by atoms with Gasteiger partial charge in [-0.15, -0.1) is 0 Å². The lowest BCUT2D eigenvalue weighted by atomic mass is 10.1. The molecule has 0 aliphatic heterocycles. The lowest BCUT2D eigenvalue weighted by Gasteiger charge is -2.15. The number of pyridine rings is 1. The third kappa shape index (κ3) is 2.84. The number of nitrogens with zero attached hydrogens (tertiary/aromatic N) is 2. The molecule has 0 atom stereocenters. The third-order valence-electron chi connectivity index (χ3n) is 4.00. The highest BCUT2D eigenvalue weighted by Gasteiger charge is 2.21. The van der Waals surface area contributed by atoms with Crippen LogP contribution in [0.5, 0.6) is 5.75 Å². The first kappa shape index (κ1) is 16.3. The molecule has 7 nitrogen and oxygen atoms in total. The number of phenolic OH excluding ortho intramolecular Hbond substituents is 1. The minimum atomic E-state index is -0.565. The monoisotopic (exact) mass is 412 g/mol. The molecule has 2 aromatic carbocycles. The summed E-state index contributed by atoms with van der Waals surface area (Å²) in [6, 6.07) is 8.48. The van der Waals surface area contributed by atoms with E-state index in [9.17, 15) is 14.7 Å². The Morgan fingerprint density at radius 2 is 1.96 bits per heavy atom. The van der Waals surface area contributed by atoms with Crippen molar-refractivity contribution < 1.29 is 5.11 Å². The van der Waals surface area contributed by atoms with E-state index in [1.54, 1.807) is 47.3 Å². The van der Waals surface area contributed by atoms with Crippen molar-refractivity contribution in [3.05, 3.63) is 79.4 Å². The number of aromatic nitrogens is 2. The van der Waals surface area contributed by atoms with Crippen LogP contribution in [-0.4, -0.2) is 14.5 Å². The molecule has 2 heterocycles. The van der Waals surface area contributed by atoms with Gasteiger partial charge in [-0.2, -0.15) is 0 Å². The zero-order valence-electron chi connectivity index (χ0n) is 13.4. The molecular formula is C18H13BrN4O3. The maximum atomic E-state index is 12.0. The minimum Gasteiger partial charge on any atom is -0.508 e. The summed E-state index contributed by atoms with van der Waals surface area (Å²) in [6.07, 6.45) is 5.24. The van der Waals surface area contributed by atoms with Crippen molar-refractivity contribution in [3.63, 3.8) is 0 Å². The van der Waals surface area contributed by atoms with Gasteiger partial charge in [-0.25, -0.2) is 4.98 Å². The molecule has 4 rings (SSSR count). The Bertz CT molecular complexity index is 1190. The SMILES string of the molecule is O=c1c(NCc2cccc(O)c2)c(Nc2cc(Br)c3nccn3c2)c1=O. The number of halogens is 1. The van der Waals surface area contributed by atoms with E-state index >= 15 is 0 Å². The van der Waals surface area contributed by atoms with E-state index in [2.05, 4.69) is 31.5 Å². The van der Waals surface area contributed by atoms with Gasteiger partial charge < -0.3 is 20.1 Å². The molecule has 0 saturated heterocycles. The second-order valence-electron chi connectivity index (χ2n) is 5.79. The average molecular weight is 413 g/mol. The molecule has 8 heteroatoms. The molecular weight excluding hydrogens is 400 g/mol. The largest absolute Gasteiger partial charge is 0.508 e. The van der Waals surface area contributed by atoms with Crippen molar-refractivity contribution in [3.8, 4) is 5.75 Å². The fraction of sp³-hybridized carbons (Fsp3) is 0.0556. The normalized spacial score (nSPS) is 11.1. The number of phenols is 1. The summed E-state index contributed by atoms with van der Waals surface area (Å²) in [7, 11) is 0. The first-order chi connectivity index (χ1) is 12.5. The zero-order valence-corrected chi connectivity index (χ0v) is 14.9. The molecule has 0 radical (unpaired) electrons. The van der Waals surface area contributed by atoms with E-state index in [0.29, 0.717) is 12.2 Å². The van der Waals surface area contributed by atoms with Crippen molar-refractivity contribution in [2.75, 3.05) is 10.6 Å². The predicted molar refractivity (Wildman–Crippen MR) is 103 cm³/mol. The maximum absolute atomic E-state index is 12.0. The van der Waals surface area contributed by atoms with E-state index in [4.69, 9.17) is 0 Å². The van der Waals surface area contributed by atoms with Gasteiger partial charge in [0.2, 0.25) is 0 Å². The second-order valence-corrected chi connectivity index (χ2v) is 6.65. The number of imidazole rings is 1. The fourth-order valence-electron chi connectivity index (χ4n) is 2.74. The summed E-state index contributed by atoms with van der Waals surface area (Å²) in [4.78, 5) is 28.1. The van der Waals surface area contributed by atoms with Gasteiger partial charge in [0, 0.05) is 25.1 Å². The third-order valence-corrected chi connectivity index (χ3v) is 4.59. The number of fused-ring (bicyclic) bond motifs is 1. The van der Waals surface area contributed by atoms with Crippen LogP contribution in [0.25, 0.3) is 5.65 Å². The van der Waals surface area contributed by atoms with Crippen LogP contribution in [0.1, 0.15) is 5.56 Å². The van der Waals surface area contributed by atoms with E-state index in [1.807, 2.05) is 6.07 Å². The molecule has 0 aliphatic rings. The van der Waals surface area contributed by atoms with Gasteiger partial charge in [-0.1, -0.05) is 12.1 Å². The van der Waals surface area contributed by atoms with Crippen molar-refractivity contribution >= 4 is 38.6 Å². The van der Waals surface area contributed by atoms with Crippen LogP contribution in [0.2, 0.25) is 0 Å². The summed E-state index contributed by atoms with van der Waals surface area (Å²) in [5.74, 6) is 0.145. The first-order valence-electron chi connectivity index (χ1n) is 7.77. The van der Waals surface area contributed by atoms with E-state index < -0.39 is 10.9 Å². The van der Waals surface area contributed by atoms with Crippen LogP contribution in [0.3, 0.4) is 0 Å². The predicted octanol–water partition coefficient (Wildman–Crippen LogP) is 2.75. The summed E-state index contributed by atoms with van der Waals surface area (Å²) >= 11 is 3.44. The van der Waals surface area contributed by atoms with Crippen molar-refractivity contribution in [1.82, 2.24) is 9.38 Å². The molecule has 0 bridgehead atoms. The summed E-state index contributed by atoms with van der Waals surface area (Å²) in [6.45, 7) is 0.318. The molecule has 0 saturated carbocycles. The van der Waals surface area contributed by atoms with Gasteiger partial charge in [0.15, 0.2) is 5.65 Å². The summed E-state index contributed by atoms with van der Waals surface area (Å²) < 4.78 is 2.57. The van der Waals surface area contributed by atoms with Gasteiger partial charge in [-0.05, 0) is 39.7 Å². The first-order valence-corrected chi connectivity index (χ1v) is 8.56. The van der Waals surface area contributed by atoms with Crippen LogP contribution in [0.4, 0.5) is 17.1 Å². The topological polar surface area (TPSA) is 95.7 Å². The molecule has 0 fully saturated rings. The Hall–Kier alpha value is -3.13. The van der Waals surface area contributed by atoms with Gasteiger partial charge >= 0.3 is 0 Å². The van der Waals surface area contributed by atoms with Crippen LogP contribution in [0, 0.1) is 0 Å². The molecule has 2 aromatic heterocycles. The number of nitrogens with one attached hydrogen (secondary N) is 2. The quantitative estimate of drug-likeness (QED) is 0.436. The Morgan fingerprint density at radius 1 is 1.15 bits per heavy atom. The average Bonchev–Trinajstić information content (AvgIpc) is 3.10. The summed E-state index contributed by atoms with van der Waals surface area (Å²) in [5, 5.41) is 15.5. The lowest BCUT2D eigenvalue weighted by molar-refractivity contribution is 0.474. The number of hydrogen-bond acceptors (Lipinski definition) is 6. The zero-order chi connectivity index (χ0) is 18.3. The van der Waals surface area contributed by atoms with Gasteiger partial charge in [0.05, 0.1) is 10.2 Å². The van der Waals surface area contributed by atoms with Gasteiger partial charge in [-0.3, -0.25) is 9.59 Å². The smallest absolute Gasteiger partial charge is 0.253 e. The molecule has 26 heavy (non-hydrogen) atoms. The van der Waals surface area contributed by atoms with E-state index in [0.717, 1.165) is 15.7 Å². The standard InChI is InChI=1S/C18H13BrN4O3/c19-13-7-11(9-23-5-4-20-18(13)23)22-15-14(16(25)17(15)26)21-8-10-2-1-3-12(24)6-10/h1-7,9,21-22,24H,8H2. The number of hydrogen-bond donors (Lipinski definition) is 3. The molecule has 0 spiro atoms. The molecule has 130 valence electrons. The fourth-order valence-corrected chi connectivity index (χ4v) is 3.29. The molecule has 0 amide bonds. The van der Waals surface area contributed by atoms with E-state index in [1.165, 1.54) is 0 Å². The Morgan fingerprint density at radius 3 is 2.77 bits per heavy atom. The molecule has 0 unspecified atom stereocenters. The van der Waals surface area contributed by atoms with Crippen molar-refractivity contribution in [2.45, 2.75) is 6.54 Å². The molecule has 4 aromatic rings. The number of anilines is 3. The van der Waals surface area contributed by atoms with E-state index in [-0.39, 0.29) is 17.1 Å². The lowest BCUT2D eigenvalue weighted by Crippen LogP contribution is -2.36. The highest BCUT2D eigenvalue weighted by atomic mass is 79.9. The summed E-state index contributed by atoms with van der Waals surface area (Å²) in [5.41, 5.74) is 1.53. The van der Waals surface area contributed by atoms with Crippen LogP contribution in [-0.2, 0) is 6.54 Å². The Labute approximate surface area is 155 Å². The van der Waals surface area contributed by atoms with Gasteiger partial charge in [0.25, 0.3) is 10.9 Å². The highest BCUT2D eigenvalue weighted by molar-refractivity contribution is 9.10. The Balaban J connectivity index is 1.58. The second kappa shape index (κ2) is 6.30. The van der Waals surface area contributed by atoms with Crippen molar-refractivity contribution in [2.24, 2.45) is 0 Å². The van der Waals surface area contributed by atoms with Crippen LogP contribution < -0.4 is 21.5 Å². The number of rotatable bonds is 5. The van der Waals surface area contributed by atoms with Crippen LogP contribution >= 0.6 is 15.9 Å². The molecule has 3 N–H and O–H groups in total.